The lowest BCUT2D eigenvalue weighted by Gasteiger charge is -2.28. The summed E-state index contributed by atoms with van der Waals surface area (Å²) in [5.74, 6) is -0.418. The zero-order valence-electron chi connectivity index (χ0n) is 21.7. The van der Waals surface area contributed by atoms with Crippen LogP contribution in [0, 0.1) is 6.92 Å². The average molecular weight is 534 g/mol. The number of aromatic nitrogens is 1. The lowest BCUT2D eigenvalue weighted by molar-refractivity contribution is -0.137. The van der Waals surface area contributed by atoms with Crippen LogP contribution in [-0.4, -0.2) is 45.7 Å². The molecule has 0 spiro atoms. The second-order valence-electron chi connectivity index (χ2n) is 10.1. The summed E-state index contributed by atoms with van der Waals surface area (Å²) >= 11 is 0. The number of fused-ring (bicyclic) bond motifs is 1. The first-order chi connectivity index (χ1) is 18.7. The molecule has 1 aromatic heterocycles. The Bertz CT molecular complexity index is 1460. The Morgan fingerprint density at radius 3 is 2.31 bits per heavy atom. The van der Waals surface area contributed by atoms with E-state index in [0.29, 0.717) is 24.1 Å². The molecule has 2 amide bonds. The molecular weight excluding hydrogens is 503 g/mol. The van der Waals surface area contributed by atoms with Crippen LogP contribution in [0.5, 0.6) is 0 Å². The minimum absolute atomic E-state index is 0.0179. The highest BCUT2D eigenvalue weighted by Crippen LogP contribution is 2.30. The highest BCUT2D eigenvalue weighted by molar-refractivity contribution is 5.97. The fourth-order valence-corrected chi connectivity index (χ4v) is 4.77. The number of carbonyl (C=O) groups is 2. The number of halogens is 3. The van der Waals surface area contributed by atoms with Crippen molar-refractivity contribution < 1.29 is 22.8 Å². The molecule has 0 unspecified atom stereocenters. The summed E-state index contributed by atoms with van der Waals surface area (Å²) in [4.78, 5) is 33.5. The average Bonchev–Trinajstić information content (AvgIpc) is 3.68. The Hall–Kier alpha value is -4.07. The number of aromatic amines is 1. The van der Waals surface area contributed by atoms with E-state index < -0.39 is 11.7 Å². The number of para-hydroxylation sites is 1. The summed E-state index contributed by atoms with van der Waals surface area (Å²) in [7, 11) is 0. The van der Waals surface area contributed by atoms with Crippen LogP contribution in [0.25, 0.3) is 10.9 Å². The topological polar surface area (TPSA) is 56.4 Å². The Balaban J connectivity index is 1.36. The highest BCUT2D eigenvalue weighted by Gasteiger charge is 2.35. The highest BCUT2D eigenvalue weighted by atomic mass is 19.4. The normalized spacial score (nSPS) is 13.4. The van der Waals surface area contributed by atoms with Crippen LogP contribution in [-0.2, 0) is 23.9 Å². The maximum Gasteiger partial charge on any atom is 0.416 e. The van der Waals surface area contributed by atoms with Crippen molar-refractivity contribution in [2.24, 2.45) is 0 Å². The SMILES string of the molecule is Cc1ccc(C(=O)N(CC(=O)N(CCc2c[nH]c3ccccc23)Cc2ccc(C(F)(F)F)cc2)C2CC2)cc1. The zero-order valence-corrected chi connectivity index (χ0v) is 21.7. The molecule has 0 saturated heterocycles. The fraction of sp³-hybridized carbons (Fsp3) is 0.290. The van der Waals surface area contributed by atoms with Crippen LogP contribution in [0.3, 0.4) is 0 Å². The van der Waals surface area contributed by atoms with Gasteiger partial charge in [0, 0.05) is 41.8 Å². The van der Waals surface area contributed by atoms with E-state index in [-0.39, 0.29) is 30.9 Å². The molecule has 3 aromatic carbocycles. The van der Waals surface area contributed by atoms with Gasteiger partial charge in [-0.1, -0.05) is 48.0 Å². The van der Waals surface area contributed by atoms with Crippen LogP contribution in [0.15, 0.2) is 79.0 Å². The summed E-state index contributed by atoms with van der Waals surface area (Å²) in [6, 6.07) is 20.1. The summed E-state index contributed by atoms with van der Waals surface area (Å²) in [6.07, 6.45) is -0.253. The first-order valence-electron chi connectivity index (χ1n) is 13.1. The van der Waals surface area contributed by atoms with Crippen molar-refractivity contribution in [3.63, 3.8) is 0 Å². The van der Waals surface area contributed by atoms with Crippen LogP contribution in [0.1, 0.15) is 45.5 Å². The van der Waals surface area contributed by atoms with Crippen molar-refractivity contribution in [1.82, 2.24) is 14.8 Å². The first-order valence-corrected chi connectivity index (χ1v) is 13.1. The summed E-state index contributed by atoms with van der Waals surface area (Å²) in [6.45, 7) is 2.38. The minimum Gasteiger partial charge on any atom is -0.361 e. The van der Waals surface area contributed by atoms with Crippen molar-refractivity contribution in [2.45, 2.75) is 44.9 Å². The molecule has 0 bridgehead atoms. The molecule has 5 nitrogen and oxygen atoms in total. The number of nitrogens with zero attached hydrogens (tertiary/aromatic N) is 2. The third kappa shape index (κ3) is 6.33. The van der Waals surface area contributed by atoms with Gasteiger partial charge in [-0.3, -0.25) is 9.59 Å². The number of hydrogen-bond donors (Lipinski definition) is 1. The predicted octanol–water partition coefficient (Wildman–Crippen LogP) is 6.37. The van der Waals surface area contributed by atoms with E-state index in [1.165, 1.54) is 12.1 Å². The third-order valence-corrected chi connectivity index (χ3v) is 7.19. The molecule has 4 aromatic rings. The van der Waals surface area contributed by atoms with E-state index in [9.17, 15) is 22.8 Å². The van der Waals surface area contributed by atoms with Gasteiger partial charge in [0.25, 0.3) is 5.91 Å². The molecule has 0 radical (unpaired) electrons. The molecule has 39 heavy (non-hydrogen) atoms. The zero-order chi connectivity index (χ0) is 27.6. The lowest BCUT2D eigenvalue weighted by atomic mass is 10.1. The van der Waals surface area contributed by atoms with Gasteiger partial charge in [0.05, 0.1) is 5.56 Å². The fourth-order valence-electron chi connectivity index (χ4n) is 4.77. The van der Waals surface area contributed by atoms with Crippen LogP contribution < -0.4 is 0 Å². The van der Waals surface area contributed by atoms with Crippen LogP contribution in [0.4, 0.5) is 13.2 Å². The number of hydrogen-bond acceptors (Lipinski definition) is 2. The van der Waals surface area contributed by atoms with Gasteiger partial charge in [-0.05, 0) is 67.6 Å². The van der Waals surface area contributed by atoms with Crippen molar-refractivity contribution in [3.8, 4) is 0 Å². The molecular formula is C31H30F3N3O2. The number of rotatable bonds is 9. The Morgan fingerprint density at radius 1 is 0.949 bits per heavy atom. The van der Waals surface area contributed by atoms with E-state index in [1.807, 2.05) is 49.5 Å². The quantitative estimate of drug-likeness (QED) is 0.272. The lowest BCUT2D eigenvalue weighted by Crippen LogP contribution is -2.44. The Morgan fingerprint density at radius 2 is 1.64 bits per heavy atom. The van der Waals surface area contributed by atoms with E-state index in [4.69, 9.17) is 0 Å². The largest absolute Gasteiger partial charge is 0.416 e. The van der Waals surface area contributed by atoms with Gasteiger partial charge < -0.3 is 14.8 Å². The standard InChI is InChI=1S/C31H30F3N3O2/c1-21-6-10-23(11-7-21)30(39)37(26-14-15-26)20-29(38)36(19-22-8-12-25(13-9-22)31(32,33)34)17-16-24-18-35-28-5-3-2-4-27(24)28/h2-13,18,26,35H,14-17,19-20H2,1H3. The van der Waals surface area contributed by atoms with Crippen molar-refractivity contribution in [2.75, 3.05) is 13.1 Å². The van der Waals surface area contributed by atoms with Crippen LogP contribution in [0.2, 0.25) is 0 Å². The van der Waals surface area contributed by atoms with E-state index in [1.54, 1.807) is 21.9 Å². The minimum atomic E-state index is -4.43. The molecule has 0 atom stereocenters. The second-order valence-corrected chi connectivity index (χ2v) is 10.1. The van der Waals surface area contributed by atoms with Crippen molar-refractivity contribution in [3.05, 3.63) is 107 Å². The van der Waals surface area contributed by atoms with E-state index in [2.05, 4.69) is 4.98 Å². The summed E-state index contributed by atoms with van der Waals surface area (Å²) in [5, 5.41) is 1.06. The molecule has 202 valence electrons. The number of aryl methyl sites for hydroxylation is 1. The third-order valence-electron chi connectivity index (χ3n) is 7.19. The molecule has 1 heterocycles. The first kappa shape index (κ1) is 26.5. The molecule has 1 fully saturated rings. The molecule has 1 saturated carbocycles. The smallest absolute Gasteiger partial charge is 0.361 e. The molecule has 1 aliphatic rings. The Labute approximate surface area is 225 Å². The number of benzene rings is 3. The van der Waals surface area contributed by atoms with Gasteiger partial charge in [-0.25, -0.2) is 0 Å². The predicted molar refractivity (Wildman–Crippen MR) is 144 cm³/mol. The maximum absolute atomic E-state index is 13.7. The number of carbonyl (C=O) groups excluding carboxylic acids is 2. The van der Waals surface area contributed by atoms with Gasteiger partial charge in [-0.2, -0.15) is 13.2 Å². The van der Waals surface area contributed by atoms with E-state index in [0.717, 1.165) is 47.0 Å². The van der Waals surface area contributed by atoms with E-state index >= 15 is 0 Å². The van der Waals surface area contributed by atoms with Gasteiger partial charge in [0.2, 0.25) is 5.91 Å². The number of H-pyrrole nitrogens is 1. The number of alkyl halides is 3. The van der Waals surface area contributed by atoms with Gasteiger partial charge in [-0.15, -0.1) is 0 Å². The molecule has 8 heteroatoms. The number of amides is 2. The monoisotopic (exact) mass is 533 g/mol. The summed E-state index contributed by atoms with van der Waals surface area (Å²) < 4.78 is 39.2. The van der Waals surface area contributed by atoms with Crippen LogP contribution >= 0.6 is 0 Å². The van der Waals surface area contributed by atoms with Crippen molar-refractivity contribution in [1.29, 1.82) is 0 Å². The van der Waals surface area contributed by atoms with Gasteiger partial charge in [0.15, 0.2) is 0 Å². The van der Waals surface area contributed by atoms with Crippen molar-refractivity contribution >= 4 is 22.7 Å². The molecule has 0 aliphatic heterocycles. The molecule has 5 rings (SSSR count). The molecule has 1 N–H and O–H groups in total. The van der Waals surface area contributed by atoms with Gasteiger partial charge >= 0.3 is 6.18 Å². The maximum atomic E-state index is 13.7. The van der Waals surface area contributed by atoms with Gasteiger partial charge in [0.1, 0.15) is 6.54 Å². The molecule has 1 aliphatic carbocycles. The number of nitrogens with one attached hydrogen (secondary N) is 1. The second kappa shape index (κ2) is 11.0. The summed E-state index contributed by atoms with van der Waals surface area (Å²) in [5.41, 5.74) is 3.49. The Kier molecular flexibility index (Phi) is 7.46.